The molecule has 1 amide bonds. The lowest BCUT2D eigenvalue weighted by Gasteiger charge is -2.28. The number of aliphatic hydroxyl groups is 3. The fourth-order valence-corrected chi connectivity index (χ4v) is 1.33. The van der Waals surface area contributed by atoms with E-state index < -0.39 is 36.8 Å². The quantitative estimate of drug-likeness (QED) is 0.422. The largest absolute Gasteiger partial charge is 0.394 e. The summed E-state index contributed by atoms with van der Waals surface area (Å²) in [7, 11) is 0. The Morgan fingerprint density at radius 2 is 1.83 bits per heavy atom. The maximum Gasteiger partial charge on any atom is 0.260 e. The normalized spacial score (nSPS) is 11.3. The van der Waals surface area contributed by atoms with Gasteiger partial charge in [-0.2, -0.15) is 0 Å². The minimum atomic E-state index is -1.55. The summed E-state index contributed by atoms with van der Waals surface area (Å²) in [6.07, 6.45) is 0. The first kappa shape index (κ1) is 14.4. The lowest BCUT2D eigenvalue weighted by molar-refractivity contribution is 0.0374. The third-order valence-corrected chi connectivity index (χ3v) is 2.59. The molecule has 0 aliphatic carbocycles. The minimum absolute atomic E-state index is 0.152. The molecule has 0 atom stereocenters. The predicted molar refractivity (Wildman–Crippen MR) is 63.3 cm³/mol. The number of H-pyrrole nitrogens is 1. The molecule has 100 valence electrons. The summed E-state index contributed by atoms with van der Waals surface area (Å²) in [5, 5.41) is 29.4. The van der Waals surface area contributed by atoms with Crippen LogP contribution in [0, 0.1) is 6.92 Å². The highest BCUT2D eigenvalue weighted by molar-refractivity contribution is 5.94. The Bertz CT molecular complexity index is 470. The van der Waals surface area contributed by atoms with Crippen LogP contribution in [-0.4, -0.2) is 51.6 Å². The van der Waals surface area contributed by atoms with Crippen molar-refractivity contribution in [2.75, 3.05) is 19.8 Å². The van der Waals surface area contributed by atoms with E-state index in [0.717, 1.165) is 0 Å². The van der Waals surface area contributed by atoms with Gasteiger partial charge in [0.05, 0.1) is 19.8 Å². The van der Waals surface area contributed by atoms with Crippen LogP contribution in [0.5, 0.6) is 0 Å². The van der Waals surface area contributed by atoms with Crippen molar-refractivity contribution in [1.82, 2.24) is 10.3 Å². The van der Waals surface area contributed by atoms with Gasteiger partial charge >= 0.3 is 0 Å². The Kier molecular flexibility index (Phi) is 4.60. The first-order chi connectivity index (χ1) is 8.48. The SMILES string of the molecule is Cc1ccc(C(=O)NC(CO)(CO)CO)c(=O)[nH]1. The molecule has 0 saturated carbocycles. The van der Waals surface area contributed by atoms with Crippen LogP contribution in [0.2, 0.25) is 0 Å². The van der Waals surface area contributed by atoms with E-state index in [4.69, 9.17) is 15.3 Å². The van der Waals surface area contributed by atoms with E-state index in [1.807, 2.05) is 0 Å². The van der Waals surface area contributed by atoms with Crippen molar-refractivity contribution in [2.24, 2.45) is 0 Å². The number of aromatic amines is 1. The van der Waals surface area contributed by atoms with E-state index in [1.165, 1.54) is 6.07 Å². The highest BCUT2D eigenvalue weighted by Crippen LogP contribution is 2.03. The zero-order chi connectivity index (χ0) is 13.8. The van der Waals surface area contributed by atoms with Crippen LogP contribution in [0.25, 0.3) is 0 Å². The number of aliphatic hydroxyl groups excluding tert-OH is 3. The van der Waals surface area contributed by atoms with Gasteiger partial charge in [0.15, 0.2) is 0 Å². The molecule has 0 radical (unpaired) electrons. The van der Waals surface area contributed by atoms with E-state index in [9.17, 15) is 9.59 Å². The lowest BCUT2D eigenvalue weighted by atomic mass is 10.0. The third-order valence-electron chi connectivity index (χ3n) is 2.59. The van der Waals surface area contributed by atoms with Crippen LogP contribution in [0.1, 0.15) is 16.1 Å². The fraction of sp³-hybridized carbons (Fsp3) is 0.455. The first-order valence-electron chi connectivity index (χ1n) is 5.33. The average Bonchev–Trinajstić information content (AvgIpc) is 2.36. The molecule has 7 heteroatoms. The Morgan fingerprint density at radius 3 is 2.28 bits per heavy atom. The average molecular weight is 256 g/mol. The molecule has 1 heterocycles. The number of hydrogen-bond donors (Lipinski definition) is 5. The zero-order valence-electron chi connectivity index (χ0n) is 9.93. The zero-order valence-corrected chi connectivity index (χ0v) is 9.93. The second-order valence-electron chi connectivity index (χ2n) is 4.09. The van der Waals surface area contributed by atoms with Gasteiger partial charge in [0.1, 0.15) is 11.1 Å². The molecule has 7 nitrogen and oxygen atoms in total. The van der Waals surface area contributed by atoms with Gasteiger partial charge in [-0.15, -0.1) is 0 Å². The van der Waals surface area contributed by atoms with Crippen molar-refractivity contribution in [3.05, 3.63) is 33.7 Å². The van der Waals surface area contributed by atoms with Gasteiger partial charge in [-0.05, 0) is 19.1 Å². The van der Waals surface area contributed by atoms with Crippen molar-refractivity contribution >= 4 is 5.91 Å². The molecule has 0 saturated heterocycles. The van der Waals surface area contributed by atoms with Crippen molar-refractivity contribution in [3.63, 3.8) is 0 Å². The molecule has 1 aromatic heterocycles. The lowest BCUT2D eigenvalue weighted by Crippen LogP contribution is -2.57. The van der Waals surface area contributed by atoms with E-state index in [0.29, 0.717) is 5.69 Å². The molecule has 1 rings (SSSR count). The smallest absolute Gasteiger partial charge is 0.260 e. The third kappa shape index (κ3) is 2.95. The van der Waals surface area contributed by atoms with Crippen LogP contribution in [0.15, 0.2) is 16.9 Å². The van der Waals surface area contributed by atoms with E-state index in [-0.39, 0.29) is 5.56 Å². The number of aromatic nitrogens is 1. The Morgan fingerprint density at radius 1 is 1.28 bits per heavy atom. The van der Waals surface area contributed by atoms with Crippen LogP contribution in [0.3, 0.4) is 0 Å². The number of aryl methyl sites for hydroxylation is 1. The summed E-state index contributed by atoms with van der Waals surface area (Å²) < 4.78 is 0. The number of amides is 1. The summed E-state index contributed by atoms with van der Waals surface area (Å²) in [5.41, 5.74) is -1.67. The van der Waals surface area contributed by atoms with Crippen LogP contribution < -0.4 is 10.9 Å². The topological polar surface area (TPSA) is 123 Å². The minimum Gasteiger partial charge on any atom is -0.394 e. The van der Waals surface area contributed by atoms with Crippen molar-refractivity contribution in [2.45, 2.75) is 12.5 Å². The van der Waals surface area contributed by atoms with E-state index in [1.54, 1.807) is 13.0 Å². The van der Waals surface area contributed by atoms with E-state index in [2.05, 4.69) is 10.3 Å². The Hall–Kier alpha value is -1.70. The van der Waals surface area contributed by atoms with Crippen LogP contribution in [0.4, 0.5) is 0 Å². The Labute approximate surface area is 103 Å². The highest BCUT2D eigenvalue weighted by Gasteiger charge is 2.30. The summed E-state index contributed by atoms with van der Waals surface area (Å²) in [6, 6.07) is 2.88. The number of carbonyl (C=O) groups is 1. The van der Waals surface area contributed by atoms with E-state index >= 15 is 0 Å². The van der Waals surface area contributed by atoms with Gasteiger partial charge in [-0.25, -0.2) is 0 Å². The van der Waals surface area contributed by atoms with Gasteiger partial charge in [0.2, 0.25) is 0 Å². The van der Waals surface area contributed by atoms with Crippen molar-refractivity contribution < 1.29 is 20.1 Å². The molecule has 5 N–H and O–H groups in total. The molecule has 0 fully saturated rings. The molecule has 0 bridgehead atoms. The van der Waals surface area contributed by atoms with Gasteiger partial charge < -0.3 is 25.6 Å². The first-order valence-corrected chi connectivity index (χ1v) is 5.33. The number of pyridine rings is 1. The van der Waals surface area contributed by atoms with Gasteiger partial charge in [0.25, 0.3) is 11.5 Å². The maximum absolute atomic E-state index is 11.8. The van der Waals surface area contributed by atoms with Gasteiger partial charge in [-0.1, -0.05) is 0 Å². The van der Waals surface area contributed by atoms with Crippen molar-refractivity contribution in [3.8, 4) is 0 Å². The standard InChI is InChI=1S/C11H16N2O5/c1-7-2-3-8(9(17)12-7)10(18)13-11(4-14,5-15)6-16/h2-3,14-16H,4-6H2,1H3,(H,12,17)(H,13,18). The number of rotatable bonds is 5. The second-order valence-corrected chi connectivity index (χ2v) is 4.09. The molecular formula is C11H16N2O5. The summed E-state index contributed by atoms with van der Waals surface area (Å²) >= 11 is 0. The molecule has 1 aromatic rings. The summed E-state index contributed by atoms with van der Waals surface area (Å²) in [5.74, 6) is -0.770. The van der Waals surface area contributed by atoms with Crippen LogP contribution in [-0.2, 0) is 0 Å². The van der Waals surface area contributed by atoms with Gasteiger partial charge in [0, 0.05) is 5.69 Å². The molecule has 0 aliphatic rings. The molecule has 0 aliphatic heterocycles. The number of hydrogen-bond acceptors (Lipinski definition) is 5. The number of nitrogens with one attached hydrogen (secondary N) is 2. The molecular weight excluding hydrogens is 240 g/mol. The molecule has 0 aromatic carbocycles. The monoisotopic (exact) mass is 256 g/mol. The molecule has 18 heavy (non-hydrogen) atoms. The predicted octanol–water partition coefficient (Wildman–Crippen LogP) is -1.87. The van der Waals surface area contributed by atoms with Gasteiger partial charge in [-0.3, -0.25) is 9.59 Å². The summed E-state index contributed by atoms with van der Waals surface area (Å²) in [4.78, 5) is 25.8. The number of carbonyl (C=O) groups excluding carboxylic acids is 1. The fourth-order valence-electron chi connectivity index (χ4n) is 1.33. The maximum atomic E-state index is 11.8. The summed E-state index contributed by atoms with van der Waals surface area (Å²) in [6.45, 7) is -0.261. The second kappa shape index (κ2) is 5.76. The van der Waals surface area contributed by atoms with Crippen molar-refractivity contribution in [1.29, 1.82) is 0 Å². The molecule has 0 spiro atoms. The highest BCUT2D eigenvalue weighted by atomic mass is 16.3. The molecule has 0 unspecified atom stereocenters. The van der Waals surface area contributed by atoms with Crippen LogP contribution >= 0.6 is 0 Å². The Balaban J connectivity index is 2.98.